The number of nitrogens with one attached hydrogen (secondary N) is 1. The second kappa shape index (κ2) is 3.77. The molecule has 0 bridgehead atoms. The summed E-state index contributed by atoms with van der Waals surface area (Å²) < 4.78 is 5.50. The molecular weight excluding hydrogens is 212 g/mol. The van der Waals surface area contributed by atoms with Gasteiger partial charge < -0.3 is 9.72 Å². The third kappa shape index (κ3) is 1.55. The van der Waals surface area contributed by atoms with Crippen molar-refractivity contribution in [1.29, 1.82) is 0 Å². The van der Waals surface area contributed by atoms with Gasteiger partial charge in [-0.15, -0.1) is 0 Å². The van der Waals surface area contributed by atoms with Crippen LogP contribution in [0.4, 0.5) is 0 Å². The summed E-state index contributed by atoms with van der Waals surface area (Å²) in [5.74, 6) is 0.900. The summed E-state index contributed by atoms with van der Waals surface area (Å²) in [5.41, 5.74) is 3.23. The first-order valence-corrected chi connectivity index (χ1v) is 5.79. The fourth-order valence-electron chi connectivity index (χ4n) is 2.20. The van der Waals surface area contributed by atoms with Crippen LogP contribution in [0.15, 0.2) is 30.5 Å². The first-order chi connectivity index (χ1) is 8.29. The number of pyridine rings is 1. The first kappa shape index (κ1) is 10.1. The minimum Gasteiger partial charge on any atom is -0.494 e. The Morgan fingerprint density at radius 1 is 1.24 bits per heavy atom. The normalized spacial score (nSPS) is 11.2. The van der Waals surface area contributed by atoms with Crippen LogP contribution in [0.5, 0.6) is 5.75 Å². The van der Waals surface area contributed by atoms with E-state index < -0.39 is 0 Å². The van der Waals surface area contributed by atoms with Gasteiger partial charge >= 0.3 is 0 Å². The Balaban J connectivity index is 2.31. The van der Waals surface area contributed by atoms with E-state index in [2.05, 4.69) is 16.0 Å². The van der Waals surface area contributed by atoms with Crippen molar-refractivity contribution in [2.75, 3.05) is 6.61 Å². The van der Waals surface area contributed by atoms with Crippen LogP contribution >= 0.6 is 0 Å². The molecule has 0 unspecified atom stereocenters. The quantitative estimate of drug-likeness (QED) is 0.727. The Morgan fingerprint density at radius 3 is 2.94 bits per heavy atom. The van der Waals surface area contributed by atoms with E-state index in [1.165, 1.54) is 10.8 Å². The van der Waals surface area contributed by atoms with Gasteiger partial charge in [0.15, 0.2) is 0 Å². The average Bonchev–Trinajstić information content (AvgIpc) is 2.69. The van der Waals surface area contributed by atoms with Crippen LogP contribution in [-0.2, 0) is 0 Å². The fraction of sp³-hybridized carbons (Fsp3) is 0.214. The highest BCUT2D eigenvalue weighted by Crippen LogP contribution is 2.29. The second-order valence-corrected chi connectivity index (χ2v) is 4.08. The molecule has 0 radical (unpaired) electrons. The standard InChI is InChI=1S/C14H14N2O/c1-3-17-10-4-5-11-12-6-7-15-9(2)14(12)16-13(11)8-10/h4-8,16H,3H2,1-2H3. The van der Waals surface area contributed by atoms with E-state index in [9.17, 15) is 0 Å². The zero-order chi connectivity index (χ0) is 11.8. The molecule has 0 saturated carbocycles. The summed E-state index contributed by atoms with van der Waals surface area (Å²) in [6, 6.07) is 8.19. The number of hydrogen-bond acceptors (Lipinski definition) is 2. The van der Waals surface area contributed by atoms with Gasteiger partial charge in [-0.2, -0.15) is 0 Å². The van der Waals surface area contributed by atoms with Gasteiger partial charge in [-0.1, -0.05) is 0 Å². The van der Waals surface area contributed by atoms with Crippen LogP contribution in [0, 0.1) is 6.92 Å². The summed E-state index contributed by atoms with van der Waals surface area (Å²) in [4.78, 5) is 7.70. The third-order valence-electron chi connectivity index (χ3n) is 2.99. The topological polar surface area (TPSA) is 37.9 Å². The molecule has 3 aromatic rings. The molecule has 3 rings (SSSR count). The Kier molecular flexibility index (Phi) is 2.25. The summed E-state index contributed by atoms with van der Waals surface area (Å²) in [5, 5.41) is 2.43. The van der Waals surface area contributed by atoms with E-state index in [0.29, 0.717) is 6.61 Å². The lowest BCUT2D eigenvalue weighted by molar-refractivity contribution is 0.340. The van der Waals surface area contributed by atoms with Gasteiger partial charge in [0.1, 0.15) is 5.75 Å². The molecule has 0 aliphatic carbocycles. The van der Waals surface area contributed by atoms with Crippen LogP contribution < -0.4 is 4.74 Å². The average molecular weight is 226 g/mol. The highest BCUT2D eigenvalue weighted by Gasteiger charge is 2.07. The van der Waals surface area contributed by atoms with Gasteiger partial charge in [-0.3, -0.25) is 4.98 Å². The van der Waals surface area contributed by atoms with E-state index >= 15 is 0 Å². The Labute approximate surface area is 99.4 Å². The molecule has 1 N–H and O–H groups in total. The molecule has 2 heterocycles. The number of H-pyrrole nitrogens is 1. The molecule has 0 atom stereocenters. The molecule has 86 valence electrons. The van der Waals surface area contributed by atoms with Crippen molar-refractivity contribution in [3.63, 3.8) is 0 Å². The van der Waals surface area contributed by atoms with Crippen molar-refractivity contribution in [2.24, 2.45) is 0 Å². The largest absolute Gasteiger partial charge is 0.494 e. The van der Waals surface area contributed by atoms with Gasteiger partial charge in [0.2, 0.25) is 0 Å². The molecule has 3 nitrogen and oxygen atoms in total. The highest BCUT2D eigenvalue weighted by molar-refractivity contribution is 6.08. The van der Waals surface area contributed by atoms with Crippen molar-refractivity contribution in [1.82, 2.24) is 9.97 Å². The van der Waals surface area contributed by atoms with Gasteiger partial charge in [-0.05, 0) is 32.0 Å². The van der Waals surface area contributed by atoms with Gasteiger partial charge in [0, 0.05) is 23.0 Å². The van der Waals surface area contributed by atoms with Crippen LogP contribution in [0.1, 0.15) is 12.6 Å². The summed E-state index contributed by atoms with van der Waals surface area (Å²) in [7, 11) is 0. The maximum atomic E-state index is 5.50. The number of aromatic nitrogens is 2. The SMILES string of the molecule is CCOc1ccc2c(c1)[nH]c1c(C)nccc12. The predicted octanol–water partition coefficient (Wildman–Crippen LogP) is 3.42. The van der Waals surface area contributed by atoms with E-state index in [-0.39, 0.29) is 0 Å². The van der Waals surface area contributed by atoms with E-state index in [1.807, 2.05) is 38.2 Å². The second-order valence-electron chi connectivity index (χ2n) is 4.08. The zero-order valence-electron chi connectivity index (χ0n) is 9.95. The molecular formula is C14H14N2O. The smallest absolute Gasteiger partial charge is 0.121 e. The molecule has 0 saturated heterocycles. The monoisotopic (exact) mass is 226 g/mol. The first-order valence-electron chi connectivity index (χ1n) is 5.79. The number of fused-ring (bicyclic) bond motifs is 3. The zero-order valence-corrected chi connectivity index (χ0v) is 9.95. The summed E-state index contributed by atoms with van der Waals surface area (Å²) in [6.07, 6.45) is 1.85. The molecule has 0 spiro atoms. The Bertz CT molecular complexity index is 685. The molecule has 2 aromatic heterocycles. The predicted molar refractivity (Wildman–Crippen MR) is 69.5 cm³/mol. The molecule has 0 fully saturated rings. The fourth-order valence-corrected chi connectivity index (χ4v) is 2.20. The van der Waals surface area contributed by atoms with E-state index in [1.54, 1.807) is 0 Å². The van der Waals surface area contributed by atoms with E-state index in [0.717, 1.165) is 22.5 Å². The summed E-state index contributed by atoms with van der Waals surface area (Å²) in [6.45, 7) is 4.69. The number of nitrogens with zero attached hydrogens (tertiary/aromatic N) is 1. The van der Waals surface area contributed by atoms with Crippen LogP contribution in [0.25, 0.3) is 21.8 Å². The number of hydrogen-bond donors (Lipinski definition) is 1. The Hall–Kier alpha value is -2.03. The number of aromatic amines is 1. The maximum Gasteiger partial charge on any atom is 0.121 e. The lowest BCUT2D eigenvalue weighted by Gasteiger charge is -2.01. The molecule has 3 heteroatoms. The van der Waals surface area contributed by atoms with Crippen LogP contribution in [0.3, 0.4) is 0 Å². The third-order valence-corrected chi connectivity index (χ3v) is 2.99. The minimum atomic E-state index is 0.687. The Morgan fingerprint density at radius 2 is 2.12 bits per heavy atom. The number of benzene rings is 1. The molecule has 0 aliphatic heterocycles. The van der Waals surface area contributed by atoms with Crippen molar-refractivity contribution in [2.45, 2.75) is 13.8 Å². The maximum absolute atomic E-state index is 5.50. The van der Waals surface area contributed by atoms with Crippen LogP contribution in [-0.4, -0.2) is 16.6 Å². The number of ether oxygens (including phenoxy) is 1. The van der Waals surface area contributed by atoms with E-state index in [4.69, 9.17) is 4.74 Å². The lowest BCUT2D eigenvalue weighted by atomic mass is 10.1. The highest BCUT2D eigenvalue weighted by atomic mass is 16.5. The van der Waals surface area contributed by atoms with Crippen LogP contribution in [0.2, 0.25) is 0 Å². The van der Waals surface area contributed by atoms with Gasteiger partial charge in [0.25, 0.3) is 0 Å². The number of aryl methyl sites for hydroxylation is 1. The van der Waals surface area contributed by atoms with Crippen molar-refractivity contribution in [3.8, 4) is 5.75 Å². The molecule has 0 aliphatic rings. The molecule has 1 aromatic carbocycles. The van der Waals surface area contributed by atoms with Crippen molar-refractivity contribution < 1.29 is 4.74 Å². The lowest BCUT2D eigenvalue weighted by Crippen LogP contribution is -1.90. The van der Waals surface area contributed by atoms with Gasteiger partial charge in [0.05, 0.1) is 23.3 Å². The van der Waals surface area contributed by atoms with Crippen molar-refractivity contribution in [3.05, 3.63) is 36.2 Å². The minimum absolute atomic E-state index is 0.687. The van der Waals surface area contributed by atoms with Gasteiger partial charge in [-0.25, -0.2) is 0 Å². The number of rotatable bonds is 2. The van der Waals surface area contributed by atoms with Crippen molar-refractivity contribution >= 4 is 21.8 Å². The molecule has 17 heavy (non-hydrogen) atoms. The molecule has 0 amide bonds. The summed E-state index contributed by atoms with van der Waals surface area (Å²) >= 11 is 0.